The van der Waals surface area contributed by atoms with Gasteiger partial charge in [-0.15, -0.1) is 0 Å². The molecular weight excluding hydrogens is 228 g/mol. The van der Waals surface area contributed by atoms with Gasteiger partial charge >= 0.3 is 0 Å². The molecule has 0 aromatic carbocycles. The Bertz CT molecular complexity index is 270. The molecular formula is C12H20F2NO2. The number of amides is 1. The molecule has 1 saturated carbocycles. The number of hydrogen-bond acceptors (Lipinski definition) is 2. The smallest absolute Gasteiger partial charge is 0.249 e. The van der Waals surface area contributed by atoms with Gasteiger partial charge in [0.15, 0.2) is 0 Å². The van der Waals surface area contributed by atoms with Crippen LogP contribution < -0.4 is 5.32 Å². The Balaban J connectivity index is 2.43. The number of methoxy groups -OCH3 is 1. The Morgan fingerprint density at radius 2 is 1.94 bits per heavy atom. The minimum absolute atomic E-state index is 0.168. The average molecular weight is 248 g/mol. The van der Waals surface area contributed by atoms with E-state index in [2.05, 4.69) is 5.32 Å². The van der Waals surface area contributed by atoms with Crippen LogP contribution in [-0.4, -0.2) is 31.6 Å². The van der Waals surface area contributed by atoms with Gasteiger partial charge in [-0.05, 0) is 26.7 Å². The van der Waals surface area contributed by atoms with Crippen molar-refractivity contribution >= 4 is 5.91 Å². The molecule has 0 spiro atoms. The van der Waals surface area contributed by atoms with Crippen molar-refractivity contribution in [2.75, 3.05) is 13.7 Å². The number of rotatable bonds is 4. The molecule has 0 heterocycles. The molecule has 1 rings (SSSR count). The molecule has 0 atom stereocenters. The van der Waals surface area contributed by atoms with Crippen LogP contribution in [0.15, 0.2) is 0 Å². The first kappa shape index (κ1) is 14.4. The fraction of sp³-hybridized carbons (Fsp3) is 0.917. The zero-order valence-corrected chi connectivity index (χ0v) is 10.6. The van der Waals surface area contributed by atoms with E-state index in [4.69, 9.17) is 4.74 Å². The molecule has 1 aliphatic carbocycles. The fourth-order valence-corrected chi connectivity index (χ4v) is 1.92. The van der Waals surface area contributed by atoms with Crippen LogP contribution in [-0.2, 0) is 9.53 Å². The molecule has 17 heavy (non-hydrogen) atoms. The Labute approximate surface area is 101 Å². The van der Waals surface area contributed by atoms with Crippen LogP contribution in [0, 0.1) is 5.41 Å². The molecule has 0 bridgehead atoms. The number of ether oxygens (including phenoxy) is 1. The molecule has 5 heteroatoms. The van der Waals surface area contributed by atoms with Gasteiger partial charge in [0.2, 0.25) is 11.8 Å². The van der Waals surface area contributed by atoms with Crippen LogP contribution in [0.3, 0.4) is 0 Å². The minimum Gasteiger partial charge on any atom is -0.384 e. The Morgan fingerprint density at radius 3 is 2.41 bits per heavy atom. The fourth-order valence-electron chi connectivity index (χ4n) is 1.92. The average Bonchev–Trinajstić information content (AvgIpc) is 2.21. The van der Waals surface area contributed by atoms with Crippen molar-refractivity contribution in [2.24, 2.45) is 5.41 Å². The van der Waals surface area contributed by atoms with Gasteiger partial charge in [-0.25, -0.2) is 14.1 Å². The summed E-state index contributed by atoms with van der Waals surface area (Å²) in [7, 11) is 1.52. The summed E-state index contributed by atoms with van der Waals surface area (Å²) in [4.78, 5) is 11.9. The van der Waals surface area contributed by atoms with E-state index in [9.17, 15) is 13.6 Å². The largest absolute Gasteiger partial charge is 0.384 e. The number of carbonyl (C=O) groups is 1. The van der Waals surface area contributed by atoms with Crippen molar-refractivity contribution in [2.45, 2.75) is 51.5 Å². The predicted octanol–water partition coefficient (Wildman–Crippen LogP) is 2.37. The highest BCUT2D eigenvalue weighted by atomic mass is 19.3. The molecule has 0 unspecified atom stereocenters. The molecule has 0 aliphatic heterocycles. The third-order valence-electron chi connectivity index (χ3n) is 3.07. The minimum atomic E-state index is -2.57. The Hall–Kier alpha value is -0.710. The maximum Gasteiger partial charge on any atom is 0.249 e. The maximum absolute atomic E-state index is 12.9. The molecule has 1 fully saturated rings. The summed E-state index contributed by atoms with van der Waals surface area (Å²) in [5.41, 5.74) is -0.672. The third-order valence-corrected chi connectivity index (χ3v) is 3.07. The lowest BCUT2D eigenvalue weighted by atomic mass is 9.89. The van der Waals surface area contributed by atoms with Gasteiger partial charge in [0.25, 0.3) is 0 Å². The quantitative estimate of drug-likeness (QED) is 0.766. The molecule has 0 saturated heterocycles. The number of hydrogen-bond donors (Lipinski definition) is 0. The summed E-state index contributed by atoms with van der Waals surface area (Å²) < 4.78 is 30.8. The van der Waals surface area contributed by atoms with Crippen LogP contribution in [0.4, 0.5) is 8.78 Å². The topological polar surface area (TPSA) is 40.4 Å². The lowest BCUT2D eigenvalue weighted by molar-refractivity contribution is -0.134. The molecule has 0 aromatic heterocycles. The lowest BCUT2D eigenvalue weighted by Gasteiger charge is -2.30. The highest BCUT2D eigenvalue weighted by Crippen LogP contribution is 2.33. The summed E-state index contributed by atoms with van der Waals surface area (Å²) in [6, 6.07) is -0.252. The van der Waals surface area contributed by atoms with Gasteiger partial charge in [0, 0.05) is 20.0 Å². The highest BCUT2D eigenvalue weighted by Gasteiger charge is 2.38. The first-order chi connectivity index (χ1) is 7.77. The third kappa shape index (κ3) is 4.22. The monoisotopic (exact) mass is 248 g/mol. The molecule has 0 N–H and O–H groups in total. The SMILES string of the molecule is COCC(C)(C)C(=O)[N]C1CCC(F)(F)CC1. The summed E-state index contributed by atoms with van der Waals surface area (Å²) in [6.07, 6.45) is 0.252. The molecule has 99 valence electrons. The van der Waals surface area contributed by atoms with Crippen LogP contribution in [0.2, 0.25) is 0 Å². The van der Waals surface area contributed by atoms with Crippen molar-refractivity contribution in [1.82, 2.24) is 5.32 Å². The molecule has 1 aliphatic rings. The zero-order valence-electron chi connectivity index (χ0n) is 10.6. The van der Waals surface area contributed by atoms with E-state index in [1.54, 1.807) is 13.8 Å². The zero-order chi connectivity index (χ0) is 13.1. The van der Waals surface area contributed by atoms with E-state index >= 15 is 0 Å². The number of carbonyl (C=O) groups excluding carboxylic acids is 1. The van der Waals surface area contributed by atoms with Gasteiger partial charge in [-0.1, -0.05) is 0 Å². The second kappa shape index (κ2) is 5.29. The van der Waals surface area contributed by atoms with E-state index in [1.165, 1.54) is 7.11 Å². The first-order valence-corrected chi connectivity index (χ1v) is 5.89. The molecule has 0 aromatic rings. The second-order valence-electron chi connectivity index (χ2n) is 5.34. The van der Waals surface area contributed by atoms with Crippen LogP contribution in [0.5, 0.6) is 0 Å². The van der Waals surface area contributed by atoms with E-state index in [1.807, 2.05) is 0 Å². The van der Waals surface area contributed by atoms with E-state index in [-0.39, 0.29) is 31.4 Å². The van der Waals surface area contributed by atoms with Crippen molar-refractivity contribution in [3.63, 3.8) is 0 Å². The lowest BCUT2D eigenvalue weighted by Crippen LogP contribution is -2.42. The van der Waals surface area contributed by atoms with Gasteiger partial charge in [-0.3, -0.25) is 4.79 Å². The summed E-state index contributed by atoms with van der Waals surface area (Å²) >= 11 is 0. The van der Waals surface area contributed by atoms with Gasteiger partial charge in [0.05, 0.1) is 18.1 Å². The van der Waals surface area contributed by atoms with Crippen LogP contribution in [0.1, 0.15) is 39.5 Å². The van der Waals surface area contributed by atoms with Crippen molar-refractivity contribution in [3.05, 3.63) is 0 Å². The van der Waals surface area contributed by atoms with Gasteiger partial charge in [-0.2, -0.15) is 0 Å². The van der Waals surface area contributed by atoms with E-state index in [0.717, 1.165) is 0 Å². The van der Waals surface area contributed by atoms with Crippen molar-refractivity contribution in [1.29, 1.82) is 0 Å². The normalized spacial score (nSPS) is 21.2. The second-order valence-corrected chi connectivity index (χ2v) is 5.34. The van der Waals surface area contributed by atoms with Crippen LogP contribution >= 0.6 is 0 Å². The number of halogens is 2. The Kier molecular flexibility index (Phi) is 4.47. The van der Waals surface area contributed by atoms with E-state index in [0.29, 0.717) is 12.8 Å². The van der Waals surface area contributed by atoms with Crippen molar-refractivity contribution in [3.8, 4) is 0 Å². The summed E-state index contributed by atoms with van der Waals surface area (Å²) in [6.45, 7) is 3.79. The maximum atomic E-state index is 12.9. The number of nitrogens with zero attached hydrogens (tertiary/aromatic N) is 1. The van der Waals surface area contributed by atoms with Crippen LogP contribution in [0.25, 0.3) is 0 Å². The van der Waals surface area contributed by atoms with Crippen molar-refractivity contribution < 1.29 is 18.3 Å². The summed E-state index contributed by atoms with van der Waals surface area (Å²) in [5, 5.41) is 4.04. The Morgan fingerprint density at radius 1 is 1.41 bits per heavy atom. The predicted molar refractivity (Wildman–Crippen MR) is 60.0 cm³/mol. The molecule has 3 nitrogen and oxygen atoms in total. The molecule has 1 radical (unpaired) electrons. The molecule has 1 amide bonds. The standard InChI is InChI=1S/C12H20F2NO2/c1-11(2,8-17-3)10(16)15-9-4-6-12(13,14)7-5-9/h9H,4-8H2,1-3H3. The van der Waals surface area contributed by atoms with Gasteiger partial charge < -0.3 is 4.74 Å². The van der Waals surface area contributed by atoms with E-state index < -0.39 is 11.3 Å². The summed E-state index contributed by atoms with van der Waals surface area (Å²) in [5.74, 6) is -2.83. The van der Waals surface area contributed by atoms with Gasteiger partial charge in [0.1, 0.15) is 0 Å². The highest BCUT2D eigenvalue weighted by molar-refractivity contribution is 5.81. The first-order valence-electron chi connectivity index (χ1n) is 5.89. The number of alkyl halides is 2.